The molecule has 1 aromatic carbocycles. The zero-order valence-electron chi connectivity index (χ0n) is 15.7. The maximum Gasteiger partial charge on any atom is 0.421 e. The number of halogens is 3. The first-order valence-electron chi connectivity index (χ1n) is 9.59. The Balaban J connectivity index is 1.56. The number of hydrogen-bond acceptors (Lipinski definition) is 4. The van der Waals surface area contributed by atoms with Gasteiger partial charge in [-0.1, -0.05) is 30.3 Å². The minimum atomic E-state index is -4.76. The summed E-state index contributed by atoms with van der Waals surface area (Å²) in [7, 11) is 0. The third-order valence-electron chi connectivity index (χ3n) is 5.29. The van der Waals surface area contributed by atoms with Crippen molar-refractivity contribution in [2.24, 2.45) is 5.92 Å². The molecule has 9 heteroatoms. The molecule has 2 aromatic rings. The van der Waals surface area contributed by atoms with Gasteiger partial charge in [0, 0.05) is 37.7 Å². The molecule has 1 aliphatic heterocycles. The van der Waals surface area contributed by atoms with E-state index in [4.69, 9.17) is 0 Å². The smallest absolute Gasteiger partial charge is 0.340 e. The molecule has 29 heavy (non-hydrogen) atoms. The monoisotopic (exact) mass is 406 g/mol. The third-order valence-corrected chi connectivity index (χ3v) is 5.29. The molecule has 154 valence electrons. The Labute approximate surface area is 165 Å². The Morgan fingerprint density at radius 3 is 2.31 bits per heavy atom. The van der Waals surface area contributed by atoms with Gasteiger partial charge in [0.1, 0.15) is 5.56 Å². The van der Waals surface area contributed by atoms with E-state index < -0.39 is 17.3 Å². The second-order valence-corrected chi connectivity index (χ2v) is 7.47. The molecule has 1 amide bonds. The van der Waals surface area contributed by atoms with E-state index in [9.17, 15) is 22.8 Å². The van der Waals surface area contributed by atoms with Gasteiger partial charge in [-0.25, -0.2) is 4.68 Å². The minimum Gasteiger partial charge on any atom is -0.340 e. The number of rotatable bonds is 4. The number of alkyl halides is 3. The molecule has 0 unspecified atom stereocenters. The van der Waals surface area contributed by atoms with E-state index in [0.29, 0.717) is 31.7 Å². The zero-order valence-corrected chi connectivity index (χ0v) is 15.7. The van der Waals surface area contributed by atoms with Crippen LogP contribution >= 0.6 is 0 Å². The summed E-state index contributed by atoms with van der Waals surface area (Å²) in [6.07, 6.45) is -2.89. The van der Waals surface area contributed by atoms with Crippen molar-refractivity contribution in [1.82, 2.24) is 19.6 Å². The van der Waals surface area contributed by atoms with Crippen molar-refractivity contribution in [3.05, 3.63) is 52.3 Å². The van der Waals surface area contributed by atoms with E-state index in [1.807, 2.05) is 4.90 Å². The van der Waals surface area contributed by atoms with E-state index in [2.05, 4.69) is 5.10 Å². The molecular weight excluding hydrogens is 385 g/mol. The molecule has 1 aliphatic carbocycles. The fraction of sp³-hybridized carbons (Fsp3) is 0.450. The van der Waals surface area contributed by atoms with Gasteiger partial charge in [-0.2, -0.15) is 18.3 Å². The summed E-state index contributed by atoms with van der Waals surface area (Å²) < 4.78 is 41.2. The van der Waals surface area contributed by atoms with E-state index in [0.717, 1.165) is 23.6 Å². The second-order valence-electron chi connectivity index (χ2n) is 7.47. The Kier molecular flexibility index (Phi) is 5.16. The molecule has 0 radical (unpaired) electrons. The Hall–Kier alpha value is -2.68. The summed E-state index contributed by atoms with van der Waals surface area (Å²) in [5, 5.41) is 4.19. The van der Waals surface area contributed by atoms with Gasteiger partial charge in [-0.05, 0) is 18.9 Å². The van der Waals surface area contributed by atoms with Crippen LogP contribution in [0.1, 0.15) is 18.4 Å². The lowest BCUT2D eigenvalue weighted by molar-refractivity contribution is -0.139. The van der Waals surface area contributed by atoms with Crippen molar-refractivity contribution in [2.75, 3.05) is 26.2 Å². The molecular formula is C20H21F3N4O2. The Morgan fingerprint density at radius 2 is 1.72 bits per heavy atom. The lowest BCUT2D eigenvalue weighted by Crippen LogP contribution is -2.50. The second kappa shape index (κ2) is 7.62. The van der Waals surface area contributed by atoms with Crippen LogP contribution in [-0.4, -0.2) is 51.7 Å². The highest BCUT2D eigenvalue weighted by molar-refractivity contribution is 5.81. The van der Waals surface area contributed by atoms with Crippen LogP contribution < -0.4 is 5.56 Å². The van der Waals surface area contributed by atoms with E-state index in [-0.39, 0.29) is 24.2 Å². The number of piperazine rings is 1. The molecule has 0 bridgehead atoms. The third kappa shape index (κ3) is 4.34. The summed E-state index contributed by atoms with van der Waals surface area (Å²) in [6, 6.07) is 9.28. The topological polar surface area (TPSA) is 58.4 Å². The maximum atomic E-state index is 13.4. The molecule has 1 saturated carbocycles. The number of carbonyl (C=O) groups is 1. The van der Waals surface area contributed by atoms with E-state index in [1.165, 1.54) is 0 Å². The van der Waals surface area contributed by atoms with Gasteiger partial charge in [-0.15, -0.1) is 0 Å². The lowest BCUT2D eigenvalue weighted by Gasteiger charge is -2.34. The summed E-state index contributed by atoms with van der Waals surface area (Å²) in [4.78, 5) is 28.2. The zero-order chi connectivity index (χ0) is 20.6. The molecule has 0 N–H and O–H groups in total. The summed E-state index contributed by atoms with van der Waals surface area (Å²) in [5.74, 6) is 0.299. The van der Waals surface area contributed by atoms with Gasteiger partial charge in [-0.3, -0.25) is 14.5 Å². The van der Waals surface area contributed by atoms with Crippen molar-refractivity contribution in [3.63, 3.8) is 0 Å². The van der Waals surface area contributed by atoms with Crippen LogP contribution in [0.15, 0.2) is 41.2 Å². The number of benzene rings is 1. The molecule has 1 aromatic heterocycles. The average Bonchev–Trinajstić information content (AvgIpc) is 3.55. The van der Waals surface area contributed by atoms with Crippen LogP contribution in [0.2, 0.25) is 0 Å². The molecule has 0 atom stereocenters. The van der Waals surface area contributed by atoms with Crippen LogP contribution in [0.3, 0.4) is 0 Å². The standard InChI is InChI=1S/C20H21F3N4O2/c21-20(22,23)16-12-17(14-4-2-1-3-5-14)24-27(19(16)29)13-25-8-10-26(11-9-25)18(28)15-6-7-15/h1-5,12,15H,6-11,13H2. The van der Waals surface area contributed by atoms with Gasteiger partial charge in [0.15, 0.2) is 0 Å². The Bertz CT molecular complexity index is 946. The van der Waals surface area contributed by atoms with Crippen molar-refractivity contribution < 1.29 is 18.0 Å². The highest BCUT2D eigenvalue weighted by atomic mass is 19.4. The van der Waals surface area contributed by atoms with Crippen LogP contribution in [0.25, 0.3) is 11.3 Å². The van der Waals surface area contributed by atoms with E-state index in [1.54, 1.807) is 35.2 Å². The molecule has 2 heterocycles. The van der Waals surface area contributed by atoms with Gasteiger partial charge in [0.05, 0.1) is 12.4 Å². The molecule has 2 aliphatic rings. The predicted octanol–water partition coefficient (Wildman–Crippen LogP) is 2.44. The van der Waals surface area contributed by atoms with Gasteiger partial charge < -0.3 is 4.90 Å². The fourth-order valence-electron chi connectivity index (χ4n) is 3.48. The number of amides is 1. The van der Waals surface area contributed by atoms with Gasteiger partial charge in [0.25, 0.3) is 5.56 Å². The highest BCUT2D eigenvalue weighted by Crippen LogP contribution is 2.31. The number of nitrogens with zero attached hydrogens (tertiary/aromatic N) is 4. The largest absolute Gasteiger partial charge is 0.421 e. The van der Waals surface area contributed by atoms with Crippen LogP contribution in [0.4, 0.5) is 13.2 Å². The maximum absolute atomic E-state index is 13.4. The number of hydrogen-bond donors (Lipinski definition) is 0. The van der Waals surface area contributed by atoms with Crippen molar-refractivity contribution in [3.8, 4) is 11.3 Å². The van der Waals surface area contributed by atoms with Gasteiger partial charge >= 0.3 is 6.18 Å². The van der Waals surface area contributed by atoms with Crippen molar-refractivity contribution in [1.29, 1.82) is 0 Å². The first-order valence-corrected chi connectivity index (χ1v) is 9.59. The quantitative estimate of drug-likeness (QED) is 0.783. The summed E-state index contributed by atoms with van der Waals surface area (Å²) in [6.45, 7) is 1.95. The van der Waals surface area contributed by atoms with Crippen LogP contribution in [-0.2, 0) is 17.6 Å². The van der Waals surface area contributed by atoms with Crippen LogP contribution in [0, 0.1) is 5.92 Å². The predicted molar refractivity (Wildman–Crippen MR) is 99.8 cm³/mol. The first-order chi connectivity index (χ1) is 13.8. The first kappa shape index (κ1) is 19.6. The molecule has 4 rings (SSSR count). The summed E-state index contributed by atoms with van der Waals surface area (Å²) >= 11 is 0. The van der Waals surface area contributed by atoms with E-state index >= 15 is 0 Å². The van der Waals surface area contributed by atoms with Crippen molar-refractivity contribution >= 4 is 5.91 Å². The van der Waals surface area contributed by atoms with Crippen LogP contribution in [0.5, 0.6) is 0 Å². The normalized spacial score (nSPS) is 18.1. The highest BCUT2D eigenvalue weighted by Gasteiger charge is 2.37. The minimum absolute atomic E-state index is 0.0476. The number of aromatic nitrogens is 2. The Morgan fingerprint density at radius 1 is 1.07 bits per heavy atom. The molecule has 2 fully saturated rings. The fourth-order valence-corrected chi connectivity index (χ4v) is 3.48. The molecule has 0 spiro atoms. The van der Waals surface area contributed by atoms with Gasteiger partial charge in [0.2, 0.25) is 5.91 Å². The average molecular weight is 406 g/mol. The summed E-state index contributed by atoms with van der Waals surface area (Å²) in [5.41, 5.74) is -1.78. The van der Waals surface area contributed by atoms with Crippen molar-refractivity contribution in [2.45, 2.75) is 25.7 Å². The SMILES string of the molecule is O=C(C1CC1)N1CCN(Cn2nc(-c3ccccc3)cc(C(F)(F)F)c2=O)CC1. The molecule has 6 nitrogen and oxygen atoms in total. The number of carbonyl (C=O) groups excluding carboxylic acids is 1. The lowest BCUT2D eigenvalue weighted by atomic mass is 10.1. The molecule has 1 saturated heterocycles.